The molecule has 0 aliphatic rings. The number of benzene rings is 5. The summed E-state index contributed by atoms with van der Waals surface area (Å²) < 4.78 is 0.763. The lowest BCUT2D eigenvalue weighted by Crippen LogP contribution is -1.96. The van der Waals surface area contributed by atoms with Crippen LogP contribution in [0.1, 0.15) is 0 Å². The molecule has 0 radical (unpaired) electrons. The van der Waals surface area contributed by atoms with Crippen molar-refractivity contribution >= 4 is 26.7 Å². The van der Waals surface area contributed by atoms with Crippen molar-refractivity contribution in [2.75, 3.05) is 0 Å². The zero-order valence-corrected chi connectivity index (χ0v) is 27.0. The van der Waals surface area contributed by atoms with Crippen molar-refractivity contribution in [3.8, 4) is 67.4 Å². The normalized spacial score (nSPS) is 11.1. The van der Waals surface area contributed by atoms with Gasteiger partial charge in [0.2, 0.25) is 0 Å². The minimum absolute atomic E-state index is 0.763. The molecule has 0 spiro atoms. The fourth-order valence-electron chi connectivity index (χ4n) is 5.98. The quantitative estimate of drug-likeness (QED) is 0.166. The molecular formula is C43H28BrN3. The highest BCUT2D eigenvalue weighted by Gasteiger charge is 2.13. The molecule has 0 unspecified atom stereocenters. The first kappa shape index (κ1) is 28.7. The number of aromatic nitrogens is 3. The molecule has 0 bridgehead atoms. The van der Waals surface area contributed by atoms with Gasteiger partial charge in [0, 0.05) is 5.56 Å². The van der Waals surface area contributed by atoms with E-state index in [1.54, 1.807) is 0 Å². The summed E-state index contributed by atoms with van der Waals surface area (Å²) in [7, 11) is 0. The van der Waals surface area contributed by atoms with Gasteiger partial charge in [-0.3, -0.25) is 0 Å². The molecule has 8 rings (SSSR count). The van der Waals surface area contributed by atoms with Gasteiger partial charge >= 0.3 is 0 Å². The highest BCUT2D eigenvalue weighted by Crippen LogP contribution is 2.34. The smallest absolute Gasteiger partial charge is 0.107 e. The van der Waals surface area contributed by atoms with E-state index in [1.807, 2.05) is 48.5 Å². The molecule has 4 heteroatoms. The second-order valence-electron chi connectivity index (χ2n) is 11.5. The van der Waals surface area contributed by atoms with E-state index >= 15 is 0 Å². The number of rotatable bonds is 6. The molecule has 0 saturated carbocycles. The summed E-state index contributed by atoms with van der Waals surface area (Å²) in [5.74, 6) is 0. The third-order valence-corrected chi connectivity index (χ3v) is 8.76. The number of halogens is 1. The molecular weight excluding hydrogens is 638 g/mol. The van der Waals surface area contributed by atoms with Gasteiger partial charge in [-0.15, -0.1) is 0 Å². The highest BCUT2D eigenvalue weighted by atomic mass is 79.9. The molecule has 0 aliphatic carbocycles. The molecule has 0 aliphatic heterocycles. The molecule has 5 aromatic carbocycles. The van der Waals surface area contributed by atoms with Crippen molar-refractivity contribution in [2.24, 2.45) is 0 Å². The molecule has 222 valence electrons. The number of fused-ring (bicyclic) bond motifs is 1. The summed E-state index contributed by atoms with van der Waals surface area (Å²) in [6.07, 6.45) is 0. The lowest BCUT2D eigenvalue weighted by molar-refractivity contribution is 1.21. The van der Waals surface area contributed by atoms with Crippen LogP contribution in [0.3, 0.4) is 0 Å². The van der Waals surface area contributed by atoms with Crippen LogP contribution in [-0.4, -0.2) is 15.0 Å². The molecule has 0 atom stereocenters. The molecule has 0 fully saturated rings. The topological polar surface area (TPSA) is 38.7 Å². The maximum Gasteiger partial charge on any atom is 0.107 e. The Kier molecular flexibility index (Phi) is 7.70. The molecule has 47 heavy (non-hydrogen) atoms. The number of hydrogen-bond acceptors (Lipinski definition) is 3. The van der Waals surface area contributed by atoms with Crippen molar-refractivity contribution in [1.29, 1.82) is 0 Å². The summed E-state index contributed by atoms with van der Waals surface area (Å²) in [5, 5.41) is 2.46. The number of nitrogens with zero attached hydrogens (tertiary/aromatic N) is 3. The predicted octanol–water partition coefficient (Wildman–Crippen LogP) is 11.8. The third-order valence-electron chi connectivity index (χ3n) is 8.35. The molecule has 3 heterocycles. The SMILES string of the molecule is Brc1cc(-c2ccccc2)cc(-c2cccc(-c3cc(-c4ccccc4)cc(-c4cccc(-c5ccc6ccccc6c5)c4)n3)n2)n1. The van der Waals surface area contributed by atoms with Gasteiger partial charge in [-0.1, -0.05) is 121 Å². The van der Waals surface area contributed by atoms with Gasteiger partial charge < -0.3 is 0 Å². The van der Waals surface area contributed by atoms with E-state index < -0.39 is 0 Å². The van der Waals surface area contributed by atoms with Crippen LogP contribution in [0.5, 0.6) is 0 Å². The Bertz CT molecular complexity index is 2370. The van der Waals surface area contributed by atoms with Crippen LogP contribution >= 0.6 is 15.9 Å². The van der Waals surface area contributed by atoms with Gasteiger partial charge in [0.05, 0.1) is 28.5 Å². The van der Waals surface area contributed by atoms with Crippen LogP contribution in [0.2, 0.25) is 0 Å². The Labute approximate surface area is 282 Å². The first-order valence-electron chi connectivity index (χ1n) is 15.5. The van der Waals surface area contributed by atoms with Crippen molar-refractivity contribution in [3.05, 3.63) is 174 Å². The van der Waals surface area contributed by atoms with E-state index in [4.69, 9.17) is 15.0 Å². The summed E-state index contributed by atoms with van der Waals surface area (Å²) in [5.41, 5.74) is 11.8. The molecule has 0 N–H and O–H groups in total. The van der Waals surface area contributed by atoms with Crippen LogP contribution in [0.4, 0.5) is 0 Å². The average molecular weight is 667 g/mol. The number of pyridine rings is 3. The standard InChI is InChI=1S/C43H28BrN3/c44-43-28-37(30-13-5-2-6-14-30)27-42(47-43)39-20-10-19-38(45-39)41-26-36(29-11-3-1-4-12-29)25-40(46-41)35-18-9-17-33(24-35)34-22-21-31-15-7-8-16-32(31)23-34/h1-28H. The summed E-state index contributed by atoms with van der Waals surface area (Å²) >= 11 is 3.62. The Morgan fingerprint density at radius 1 is 0.277 bits per heavy atom. The summed E-state index contributed by atoms with van der Waals surface area (Å²) in [6.45, 7) is 0. The molecule has 0 saturated heterocycles. The zero-order chi connectivity index (χ0) is 31.6. The third kappa shape index (κ3) is 6.11. The summed E-state index contributed by atoms with van der Waals surface area (Å²) in [6, 6.07) is 59.0. The lowest BCUT2D eigenvalue weighted by Gasteiger charge is -2.12. The Hall–Kier alpha value is -5.71. The second kappa shape index (κ2) is 12.6. The van der Waals surface area contributed by atoms with Gasteiger partial charge in [0.1, 0.15) is 4.60 Å². The highest BCUT2D eigenvalue weighted by molar-refractivity contribution is 9.10. The van der Waals surface area contributed by atoms with Gasteiger partial charge in [-0.25, -0.2) is 15.0 Å². The Balaban J connectivity index is 1.23. The van der Waals surface area contributed by atoms with E-state index in [2.05, 4.69) is 137 Å². The maximum absolute atomic E-state index is 5.21. The fraction of sp³-hybridized carbons (Fsp3) is 0. The number of hydrogen-bond donors (Lipinski definition) is 0. The molecule has 3 nitrogen and oxygen atoms in total. The van der Waals surface area contributed by atoms with E-state index in [1.165, 1.54) is 16.3 Å². The van der Waals surface area contributed by atoms with Crippen molar-refractivity contribution in [3.63, 3.8) is 0 Å². The van der Waals surface area contributed by atoms with Gasteiger partial charge in [-0.2, -0.15) is 0 Å². The minimum Gasteiger partial charge on any atom is -0.246 e. The fourth-order valence-corrected chi connectivity index (χ4v) is 6.42. The summed E-state index contributed by atoms with van der Waals surface area (Å²) in [4.78, 5) is 15.1. The average Bonchev–Trinajstić information content (AvgIpc) is 3.15. The van der Waals surface area contributed by atoms with Crippen molar-refractivity contribution in [2.45, 2.75) is 0 Å². The van der Waals surface area contributed by atoms with Crippen LogP contribution in [0.15, 0.2) is 174 Å². The first-order valence-corrected chi connectivity index (χ1v) is 16.3. The van der Waals surface area contributed by atoms with Crippen LogP contribution < -0.4 is 0 Å². The molecule has 3 aromatic heterocycles. The van der Waals surface area contributed by atoms with E-state index in [-0.39, 0.29) is 0 Å². The van der Waals surface area contributed by atoms with Gasteiger partial charge in [0.25, 0.3) is 0 Å². The van der Waals surface area contributed by atoms with Gasteiger partial charge in [0.15, 0.2) is 0 Å². The largest absolute Gasteiger partial charge is 0.246 e. The maximum atomic E-state index is 5.21. The van der Waals surface area contributed by atoms with Crippen LogP contribution in [0, 0.1) is 0 Å². The van der Waals surface area contributed by atoms with Crippen molar-refractivity contribution in [1.82, 2.24) is 15.0 Å². The Morgan fingerprint density at radius 2 is 0.787 bits per heavy atom. The monoisotopic (exact) mass is 665 g/mol. The van der Waals surface area contributed by atoms with E-state index in [0.29, 0.717) is 0 Å². The van der Waals surface area contributed by atoms with Crippen molar-refractivity contribution < 1.29 is 0 Å². The van der Waals surface area contributed by atoms with E-state index in [9.17, 15) is 0 Å². The zero-order valence-electron chi connectivity index (χ0n) is 25.4. The second-order valence-corrected chi connectivity index (χ2v) is 12.3. The van der Waals surface area contributed by atoms with Crippen LogP contribution in [-0.2, 0) is 0 Å². The first-order chi connectivity index (χ1) is 23.2. The lowest BCUT2D eigenvalue weighted by atomic mass is 9.97. The predicted molar refractivity (Wildman–Crippen MR) is 198 cm³/mol. The van der Waals surface area contributed by atoms with Gasteiger partial charge in [-0.05, 0) is 109 Å². The molecule has 8 aromatic rings. The van der Waals surface area contributed by atoms with Crippen LogP contribution in [0.25, 0.3) is 78.2 Å². The Morgan fingerprint density at radius 3 is 1.51 bits per heavy atom. The van der Waals surface area contributed by atoms with E-state index in [0.717, 1.165) is 66.5 Å². The minimum atomic E-state index is 0.763. The molecule has 0 amide bonds.